The van der Waals surface area contributed by atoms with Crippen molar-refractivity contribution >= 4 is 27.8 Å². The molecular formula is C16H16BrNO4. The van der Waals surface area contributed by atoms with Gasteiger partial charge in [0.25, 0.3) is 5.91 Å². The van der Waals surface area contributed by atoms with Crippen LogP contribution >= 0.6 is 15.9 Å². The van der Waals surface area contributed by atoms with Crippen LogP contribution in [-0.4, -0.2) is 27.9 Å². The van der Waals surface area contributed by atoms with Crippen LogP contribution in [0.1, 0.15) is 40.5 Å². The highest BCUT2D eigenvalue weighted by atomic mass is 79.9. The monoisotopic (exact) mass is 365 g/mol. The highest BCUT2D eigenvalue weighted by molar-refractivity contribution is 9.10. The predicted molar refractivity (Wildman–Crippen MR) is 84.8 cm³/mol. The standard InChI is InChI=1S/C16H16BrNO4/c1-10(2)18(9-11-3-5-12(17)6-4-11)15(19)13-7-8-14(22-13)16(20)21/h3-8,10H,9H2,1-2H3,(H,20,21). The number of nitrogens with zero attached hydrogens (tertiary/aromatic N) is 1. The number of aromatic carboxylic acids is 1. The van der Waals surface area contributed by atoms with Gasteiger partial charge >= 0.3 is 5.97 Å². The van der Waals surface area contributed by atoms with Crippen LogP contribution in [0.2, 0.25) is 0 Å². The molecular weight excluding hydrogens is 350 g/mol. The van der Waals surface area contributed by atoms with Crippen LogP contribution in [0.5, 0.6) is 0 Å². The molecule has 2 aromatic rings. The average Bonchev–Trinajstić information content (AvgIpc) is 2.95. The lowest BCUT2D eigenvalue weighted by atomic mass is 10.2. The normalized spacial score (nSPS) is 10.7. The van der Waals surface area contributed by atoms with E-state index in [0.717, 1.165) is 10.0 Å². The third-order valence-corrected chi connectivity index (χ3v) is 3.71. The van der Waals surface area contributed by atoms with E-state index in [1.54, 1.807) is 4.90 Å². The van der Waals surface area contributed by atoms with E-state index in [-0.39, 0.29) is 23.5 Å². The van der Waals surface area contributed by atoms with Gasteiger partial charge in [-0.2, -0.15) is 0 Å². The Morgan fingerprint density at radius 2 is 1.73 bits per heavy atom. The lowest BCUT2D eigenvalue weighted by Gasteiger charge is -2.26. The summed E-state index contributed by atoms with van der Waals surface area (Å²) in [5.41, 5.74) is 0.982. The van der Waals surface area contributed by atoms with Crippen LogP contribution in [0.25, 0.3) is 0 Å². The molecule has 0 saturated carbocycles. The molecule has 2 rings (SSSR count). The van der Waals surface area contributed by atoms with E-state index in [9.17, 15) is 9.59 Å². The summed E-state index contributed by atoms with van der Waals surface area (Å²) in [7, 11) is 0. The maximum Gasteiger partial charge on any atom is 0.371 e. The summed E-state index contributed by atoms with van der Waals surface area (Å²) in [6.07, 6.45) is 0. The van der Waals surface area contributed by atoms with Gasteiger partial charge in [0.05, 0.1) is 0 Å². The summed E-state index contributed by atoms with van der Waals surface area (Å²) in [6.45, 7) is 4.22. The summed E-state index contributed by atoms with van der Waals surface area (Å²) in [6, 6.07) is 10.3. The molecule has 6 heteroatoms. The van der Waals surface area contributed by atoms with Crippen molar-refractivity contribution in [2.24, 2.45) is 0 Å². The Balaban J connectivity index is 2.21. The number of carboxylic acids is 1. The first-order valence-electron chi connectivity index (χ1n) is 6.77. The van der Waals surface area contributed by atoms with Crippen molar-refractivity contribution in [3.05, 3.63) is 58.0 Å². The van der Waals surface area contributed by atoms with Crippen LogP contribution in [-0.2, 0) is 6.54 Å². The van der Waals surface area contributed by atoms with Crippen LogP contribution in [0.4, 0.5) is 0 Å². The molecule has 0 fully saturated rings. The van der Waals surface area contributed by atoms with Crippen LogP contribution in [0.15, 0.2) is 45.3 Å². The minimum atomic E-state index is -1.19. The smallest absolute Gasteiger partial charge is 0.371 e. The molecule has 0 bridgehead atoms. The van der Waals surface area contributed by atoms with Crippen molar-refractivity contribution in [2.45, 2.75) is 26.4 Å². The van der Waals surface area contributed by atoms with Crippen LogP contribution < -0.4 is 0 Å². The van der Waals surface area contributed by atoms with E-state index >= 15 is 0 Å². The van der Waals surface area contributed by atoms with E-state index < -0.39 is 5.97 Å². The molecule has 1 N–H and O–H groups in total. The van der Waals surface area contributed by atoms with Gasteiger partial charge in [0.15, 0.2) is 5.76 Å². The Bertz CT molecular complexity index is 676. The molecule has 116 valence electrons. The zero-order valence-corrected chi connectivity index (χ0v) is 13.8. The van der Waals surface area contributed by atoms with Gasteiger partial charge in [0, 0.05) is 17.1 Å². The topological polar surface area (TPSA) is 70.8 Å². The number of carbonyl (C=O) groups excluding carboxylic acids is 1. The second kappa shape index (κ2) is 6.79. The SMILES string of the molecule is CC(C)N(Cc1ccc(Br)cc1)C(=O)c1ccc(C(=O)O)o1. The first-order valence-corrected chi connectivity index (χ1v) is 7.56. The fourth-order valence-electron chi connectivity index (χ4n) is 1.98. The Morgan fingerprint density at radius 1 is 1.14 bits per heavy atom. The lowest BCUT2D eigenvalue weighted by molar-refractivity contribution is 0.0628. The largest absolute Gasteiger partial charge is 0.475 e. The first kappa shape index (κ1) is 16.3. The molecule has 0 radical (unpaired) electrons. The van der Waals surface area contributed by atoms with Crippen LogP contribution in [0, 0.1) is 0 Å². The number of hydrogen-bond donors (Lipinski definition) is 1. The van der Waals surface area contributed by atoms with Crippen molar-refractivity contribution in [3.63, 3.8) is 0 Å². The highest BCUT2D eigenvalue weighted by Gasteiger charge is 2.23. The maximum absolute atomic E-state index is 12.5. The van der Waals surface area contributed by atoms with E-state index in [1.165, 1.54) is 12.1 Å². The number of carbonyl (C=O) groups is 2. The predicted octanol–water partition coefficient (Wildman–Crippen LogP) is 3.79. The molecule has 0 spiro atoms. The molecule has 1 aromatic heterocycles. The van der Waals surface area contributed by atoms with Crippen molar-refractivity contribution in [1.82, 2.24) is 4.90 Å². The number of amides is 1. The molecule has 0 aliphatic rings. The molecule has 0 aliphatic heterocycles. The molecule has 1 amide bonds. The zero-order chi connectivity index (χ0) is 16.3. The van der Waals surface area contributed by atoms with Crippen molar-refractivity contribution in [1.29, 1.82) is 0 Å². The summed E-state index contributed by atoms with van der Waals surface area (Å²) in [5, 5.41) is 8.87. The van der Waals surface area contributed by atoms with Gasteiger partial charge in [0.1, 0.15) is 0 Å². The average molecular weight is 366 g/mol. The Morgan fingerprint density at radius 3 is 2.23 bits per heavy atom. The van der Waals surface area contributed by atoms with Gasteiger partial charge in [0.2, 0.25) is 5.76 Å². The third kappa shape index (κ3) is 3.76. The molecule has 0 saturated heterocycles. The van der Waals surface area contributed by atoms with Gasteiger partial charge in [-0.05, 0) is 43.7 Å². The number of furan rings is 1. The molecule has 0 aliphatic carbocycles. The van der Waals surface area contributed by atoms with E-state index in [2.05, 4.69) is 15.9 Å². The number of halogens is 1. The van der Waals surface area contributed by atoms with E-state index in [4.69, 9.17) is 9.52 Å². The minimum absolute atomic E-state index is 0.0308. The van der Waals surface area contributed by atoms with Crippen molar-refractivity contribution in [3.8, 4) is 0 Å². The highest BCUT2D eigenvalue weighted by Crippen LogP contribution is 2.17. The number of hydrogen-bond acceptors (Lipinski definition) is 3. The Kier molecular flexibility index (Phi) is 5.03. The minimum Gasteiger partial charge on any atom is -0.475 e. The van der Waals surface area contributed by atoms with Crippen LogP contribution in [0.3, 0.4) is 0 Å². The first-order chi connectivity index (χ1) is 10.4. The van der Waals surface area contributed by atoms with Gasteiger partial charge in [-0.1, -0.05) is 28.1 Å². The molecule has 1 aromatic carbocycles. The van der Waals surface area contributed by atoms with Crippen molar-refractivity contribution < 1.29 is 19.1 Å². The van der Waals surface area contributed by atoms with Gasteiger partial charge in [-0.3, -0.25) is 4.79 Å². The maximum atomic E-state index is 12.5. The van der Waals surface area contributed by atoms with Gasteiger partial charge < -0.3 is 14.4 Å². The lowest BCUT2D eigenvalue weighted by Crippen LogP contribution is -2.36. The molecule has 0 unspecified atom stereocenters. The summed E-state index contributed by atoms with van der Waals surface area (Å²) in [4.78, 5) is 25.0. The number of benzene rings is 1. The summed E-state index contributed by atoms with van der Waals surface area (Å²) < 4.78 is 6.06. The van der Waals surface area contributed by atoms with Gasteiger partial charge in [-0.25, -0.2) is 4.79 Å². The zero-order valence-electron chi connectivity index (χ0n) is 12.2. The Labute approximate surface area is 136 Å². The van der Waals surface area contributed by atoms with Crippen molar-refractivity contribution in [2.75, 3.05) is 0 Å². The fourth-order valence-corrected chi connectivity index (χ4v) is 2.25. The second-order valence-electron chi connectivity index (χ2n) is 5.12. The third-order valence-electron chi connectivity index (χ3n) is 3.18. The number of carboxylic acid groups (broad SMARTS) is 1. The molecule has 1 heterocycles. The second-order valence-corrected chi connectivity index (χ2v) is 6.04. The summed E-state index contributed by atoms with van der Waals surface area (Å²) in [5.74, 6) is -1.73. The molecule has 22 heavy (non-hydrogen) atoms. The van der Waals surface area contributed by atoms with E-state index in [0.29, 0.717) is 6.54 Å². The van der Waals surface area contributed by atoms with Gasteiger partial charge in [-0.15, -0.1) is 0 Å². The quantitative estimate of drug-likeness (QED) is 0.874. The Hall–Kier alpha value is -2.08. The fraction of sp³-hybridized carbons (Fsp3) is 0.250. The number of rotatable bonds is 5. The molecule has 0 atom stereocenters. The summed E-state index contributed by atoms with van der Waals surface area (Å²) >= 11 is 3.37. The molecule has 5 nitrogen and oxygen atoms in total. The van der Waals surface area contributed by atoms with E-state index in [1.807, 2.05) is 38.1 Å².